The number of halogens is 1. The van der Waals surface area contributed by atoms with Gasteiger partial charge in [0.25, 0.3) is 0 Å². The molecular formula is C14H18FNO2. The van der Waals surface area contributed by atoms with Crippen molar-refractivity contribution in [3.63, 3.8) is 0 Å². The van der Waals surface area contributed by atoms with Crippen molar-refractivity contribution in [3.8, 4) is 5.75 Å². The molecule has 1 aliphatic heterocycles. The van der Waals surface area contributed by atoms with Crippen molar-refractivity contribution in [2.24, 2.45) is 0 Å². The first-order valence-corrected chi connectivity index (χ1v) is 6.26. The molecule has 3 nitrogen and oxygen atoms in total. The van der Waals surface area contributed by atoms with Crippen LogP contribution in [0.25, 0.3) is 0 Å². The summed E-state index contributed by atoms with van der Waals surface area (Å²) < 4.78 is 18.5. The fourth-order valence-corrected chi connectivity index (χ4v) is 2.58. The Labute approximate surface area is 106 Å². The fourth-order valence-electron chi connectivity index (χ4n) is 2.58. The third-order valence-electron chi connectivity index (χ3n) is 3.69. The number of carbonyl (C=O) groups excluding carboxylic acids is 1. The third-order valence-corrected chi connectivity index (χ3v) is 3.69. The Morgan fingerprint density at radius 1 is 1.56 bits per heavy atom. The molecule has 4 heteroatoms. The molecule has 2 rings (SSSR count). The van der Waals surface area contributed by atoms with E-state index in [2.05, 4.69) is 5.32 Å². The highest BCUT2D eigenvalue weighted by atomic mass is 19.1. The Hall–Kier alpha value is -1.42. The van der Waals surface area contributed by atoms with Crippen molar-refractivity contribution >= 4 is 5.78 Å². The predicted octanol–water partition coefficient (Wildman–Crippen LogP) is 2.55. The van der Waals surface area contributed by atoms with Gasteiger partial charge in [0, 0.05) is 0 Å². The highest BCUT2D eigenvalue weighted by Gasteiger charge is 2.40. The van der Waals surface area contributed by atoms with E-state index in [1.165, 1.54) is 25.3 Å². The molecule has 0 amide bonds. The Morgan fingerprint density at radius 2 is 2.33 bits per heavy atom. The molecule has 98 valence electrons. The van der Waals surface area contributed by atoms with Crippen LogP contribution in [-0.2, 0) is 0 Å². The van der Waals surface area contributed by atoms with E-state index in [4.69, 9.17) is 4.74 Å². The zero-order valence-corrected chi connectivity index (χ0v) is 10.8. The molecule has 1 atom stereocenters. The average Bonchev–Trinajstić information content (AvgIpc) is 2.87. The highest BCUT2D eigenvalue weighted by Crippen LogP contribution is 2.31. The van der Waals surface area contributed by atoms with Gasteiger partial charge in [0.05, 0.1) is 18.2 Å². The van der Waals surface area contributed by atoms with E-state index in [1.54, 1.807) is 0 Å². The van der Waals surface area contributed by atoms with Crippen molar-refractivity contribution < 1.29 is 13.9 Å². The molecule has 1 aliphatic rings. The Balaban J connectivity index is 2.41. The normalized spacial score (nSPS) is 23.1. The zero-order chi connectivity index (χ0) is 13.2. The lowest BCUT2D eigenvalue weighted by molar-refractivity contribution is 0.0860. The molecular weight excluding hydrogens is 233 g/mol. The van der Waals surface area contributed by atoms with E-state index in [0.29, 0.717) is 17.7 Å². The molecule has 0 radical (unpaired) electrons. The van der Waals surface area contributed by atoms with Gasteiger partial charge in [0.1, 0.15) is 11.6 Å². The van der Waals surface area contributed by atoms with Crippen LogP contribution in [0, 0.1) is 5.82 Å². The lowest BCUT2D eigenvalue weighted by Gasteiger charge is -2.27. The van der Waals surface area contributed by atoms with E-state index < -0.39 is 11.4 Å². The quantitative estimate of drug-likeness (QED) is 0.836. The van der Waals surface area contributed by atoms with Crippen molar-refractivity contribution in [2.45, 2.75) is 31.7 Å². The molecule has 1 aromatic rings. The fraction of sp³-hybridized carbons (Fsp3) is 0.500. The van der Waals surface area contributed by atoms with Crippen molar-refractivity contribution in [1.29, 1.82) is 0 Å². The number of Topliss-reactive ketones (excluding diaryl/α,β-unsaturated/α-hetero) is 1. The van der Waals surface area contributed by atoms with Crippen molar-refractivity contribution in [1.82, 2.24) is 5.32 Å². The van der Waals surface area contributed by atoms with Crippen LogP contribution in [-0.4, -0.2) is 25.0 Å². The number of benzene rings is 1. The number of ether oxygens (including phenoxy) is 1. The minimum Gasteiger partial charge on any atom is -0.496 e. The van der Waals surface area contributed by atoms with Crippen LogP contribution in [0.2, 0.25) is 0 Å². The van der Waals surface area contributed by atoms with Crippen molar-refractivity contribution in [2.75, 3.05) is 13.7 Å². The predicted molar refractivity (Wildman–Crippen MR) is 67.5 cm³/mol. The summed E-state index contributed by atoms with van der Waals surface area (Å²) in [7, 11) is 1.49. The lowest BCUT2D eigenvalue weighted by Crippen LogP contribution is -2.47. The first kappa shape index (κ1) is 13.0. The van der Waals surface area contributed by atoms with Crippen LogP contribution < -0.4 is 10.1 Å². The maximum Gasteiger partial charge on any atom is 0.186 e. The second kappa shape index (κ2) is 5.06. The Bertz CT molecular complexity index is 453. The van der Waals surface area contributed by atoms with Crippen LogP contribution in [0.3, 0.4) is 0 Å². The number of hydrogen-bond acceptors (Lipinski definition) is 3. The first-order valence-electron chi connectivity index (χ1n) is 6.26. The number of methoxy groups -OCH3 is 1. The van der Waals surface area contributed by atoms with Crippen molar-refractivity contribution in [3.05, 3.63) is 29.6 Å². The van der Waals surface area contributed by atoms with Crippen LogP contribution in [0.15, 0.2) is 18.2 Å². The number of carbonyl (C=O) groups is 1. The van der Waals surface area contributed by atoms with Gasteiger partial charge >= 0.3 is 0 Å². The summed E-state index contributed by atoms with van der Waals surface area (Å²) in [5.74, 6) is -0.0508. The van der Waals surface area contributed by atoms with Gasteiger partial charge in [-0.3, -0.25) is 4.79 Å². The Morgan fingerprint density at radius 3 is 2.89 bits per heavy atom. The van der Waals surface area contributed by atoms with Gasteiger partial charge in [-0.15, -0.1) is 0 Å². The van der Waals surface area contributed by atoms with Crippen LogP contribution in [0.5, 0.6) is 5.75 Å². The smallest absolute Gasteiger partial charge is 0.186 e. The largest absolute Gasteiger partial charge is 0.496 e. The summed E-state index contributed by atoms with van der Waals surface area (Å²) in [5, 5.41) is 3.26. The first-order chi connectivity index (χ1) is 8.63. The summed E-state index contributed by atoms with van der Waals surface area (Å²) >= 11 is 0. The van der Waals surface area contributed by atoms with Gasteiger partial charge in [-0.1, -0.05) is 6.92 Å². The molecule has 0 saturated carbocycles. The molecule has 1 fully saturated rings. The maximum absolute atomic E-state index is 13.3. The minimum atomic E-state index is -0.554. The lowest BCUT2D eigenvalue weighted by atomic mass is 9.85. The number of ketones is 1. The summed E-state index contributed by atoms with van der Waals surface area (Å²) in [6, 6.07) is 4.07. The molecule has 1 unspecified atom stereocenters. The number of nitrogens with one attached hydrogen (secondary N) is 1. The SMILES string of the molecule is CCC1(C(=O)c2cc(F)ccc2OC)CCCN1. The number of rotatable bonds is 4. The van der Waals surface area contributed by atoms with Gasteiger partial charge in [-0.2, -0.15) is 0 Å². The highest BCUT2D eigenvalue weighted by molar-refractivity contribution is 6.05. The van der Waals surface area contributed by atoms with E-state index >= 15 is 0 Å². The Kier molecular flexibility index (Phi) is 3.66. The van der Waals surface area contributed by atoms with Crippen LogP contribution >= 0.6 is 0 Å². The monoisotopic (exact) mass is 251 g/mol. The van der Waals surface area contributed by atoms with E-state index in [9.17, 15) is 9.18 Å². The topological polar surface area (TPSA) is 38.3 Å². The van der Waals surface area contributed by atoms with E-state index in [1.807, 2.05) is 6.92 Å². The van der Waals surface area contributed by atoms with Gasteiger partial charge in [-0.25, -0.2) is 4.39 Å². The van der Waals surface area contributed by atoms with Crippen LogP contribution in [0.1, 0.15) is 36.5 Å². The molecule has 0 aliphatic carbocycles. The molecule has 0 bridgehead atoms. The summed E-state index contributed by atoms with van der Waals surface area (Å²) in [6.45, 7) is 2.80. The summed E-state index contributed by atoms with van der Waals surface area (Å²) in [4.78, 5) is 12.6. The molecule has 18 heavy (non-hydrogen) atoms. The average molecular weight is 251 g/mol. The van der Waals surface area contributed by atoms with E-state index in [-0.39, 0.29) is 5.78 Å². The summed E-state index contributed by atoms with van der Waals surface area (Å²) in [6.07, 6.45) is 2.46. The molecule has 1 aromatic carbocycles. The molecule has 1 heterocycles. The third kappa shape index (κ3) is 2.12. The minimum absolute atomic E-state index is 0.0705. The number of hydrogen-bond donors (Lipinski definition) is 1. The summed E-state index contributed by atoms with van der Waals surface area (Å²) in [5.41, 5.74) is -0.227. The second-order valence-corrected chi connectivity index (χ2v) is 4.64. The van der Waals surface area contributed by atoms with Crippen LogP contribution in [0.4, 0.5) is 4.39 Å². The molecule has 1 saturated heterocycles. The van der Waals surface area contributed by atoms with Gasteiger partial charge in [0.2, 0.25) is 0 Å². The molecule has 0 aromatic heterocycles. The van der Waals surface area contributed by atoms with Gasteiger partial charge in [0.15, 0.2) is 5.78 Å². The standard InChI is InChI=1S/C14H18FNO2/c1-3-14(7-4-8-16-14)13(17)11-9-10(15)5-6-12(11)18-2/h5-6,9,16H,3-4,7-8H2,1-2H3. The van der Waals surface area contributed by atoms with Gasteiger partial charge < -0.3 is 10.1 Å². The van der Waals surface area contributed by atoms with E-state index in [0.717, 1.165) is 19.4 Å². The molecule has 1 N–H and O–H groups in total. The zero-order valence-electron chi connectivity index (χ0n) is 10.8. The second-order valence-electron chi connectivity index (χ2n) is 4.64. The maximum atomic E-state index is 13.3. The van der Waals surface area contributed by atoms with Gasteiger partial charge in [-0.05, 0) is 44.0 Å². The molecule has 0 spiro atoms.